The molecule has 5 aromatic rings. The van der Waals surface area contributed by atoms with Crippen LogP contribution in [0, 0.1) is 6.92 Å². The number of benzene rings is 2. The van der Waals surface area contributed by atoms with Gasteiger partial charge in [0, 0.05) is 12.4 Å². The van der Waals surface area contributed by atoms with Crippen molar-refractivity contribution in [2.45, 2.75) is 19.6 Å². The Labute approximate surface area is 203 Å². The fraction of sp³-hybridized carbons (Fsp3) is 0.208. The highest BCUT2D eigenvalue weighted by Crippen LogP contribution is 2.36. The fourth-order valence-electron chi connectivity index (χ4n) is 3.94. The van der Waals surface area contributed by atoms with Crippen LogP contribution in [-0.4, -0.2) is 47.0 Å². The molecule has 36 heavy (non-hydrogen) atoms. The van der Waals surface area contributed by atoms with E-state index in [9.17, 15) is 19.8 Å². The van der Waals surface area contributed by atoms with Gasteiger partial charge in [-0.15, -0.1) is 10.2 Å². The summed E-state index contributed by atoms with van der Waals surface area (Å²) in [7, 11) is 1.46. The van der Waals surface area contributed by atoms with E-state index in [0.29, 0.717) is 16.7 Å². The molecule has 0 saturated carbocycles. The number of H-pyrrole nitrogens is 2. The van der Waals surface area contributed by atoms with Crippen LogP contribution >= 0.6 is 0 Å². The molecular formula is C24H23N7O5. The monoisotopic (exact) mass is 489 g/mol. The van der Waals surface area contributed by atoms with Gasteiger partial charge in [0.05, 0.1) is 12.1 Å². The Morgan fingerprint density at radius 3 is 2.72 bits per heavy atom. The van der Waals surface area contributed by atoms with Crippen LogP contribution in [0.15, 0.2) is 68.3 Å². The number of hydrogen-bond donors (Lipinski definition) is 4. The Hall–Kier alpha value is -4.71. The Bertz CT molecular complexity index is 1730. The quantitative estimate of drug-likeness (QED) is 0.257. The van der Waals surface area contributed by atoms with E-state index in [1.807, 2.05) is 31.2 Å². The van der Waals surface area contributed by atoms with Crippen molar-refractivity contribution < 1.29 is 14.9 Å². The maximum Gasteiger partial charge on any atom is 0.329 e. The Kier molecular flexibility index (Phi) is 5.86. The molecule has 3 heterocycles. The van der Waals surface area contributed by atoms with Gasteiger partial charge in [0.1, 0.15) is 18.5 Å². The third-order valence-corrected chi connectivity index (χ3v) is 5.71. The van der Waals surface area contributed by atoms with Crippen molar-refractivity contribution in [3.63, 3.8) is 0 Å². The number of aliphatic hydroxyl groups is 1. The fourth-order valence-corrected chi connectivity index (χ4v) is 3.94. The van der Waals surface area contributed by atoms with E-state index >= 15 is 0 Å². The molecular weight excluding hydrogens is 466 g/mol. The molecule has 0 amide bonds. The Morgan fingerprint density at radius 1 is 1.11 bits per heavy atom. The molecule has 184 valence electrons. The SMILES string of the molecule is Cc1cccc(OC[C@H](O)Cn2c(N=Nc3c(O)[nH]c4ccccc34)nc3c2c(=O)[nH]c(=O)n3C)c1. The van der Waals surface area contributed by atoms with Crippen molar-refractivity contribution in [2.24, 2.45) is 17.3 Å². The predicted octanol–water partition coefficient (Wildman–Crippen LogP) is 2.77. The number of nitrogens with zero attached hydrogens (tertiary/aromatic N) is 5. The predicted molar refractivity (Wildman–Crippen MR) is 132 cm³/mol. The standard InChI is InChI=1S/C24H23N7O5/c1-13-6-5-7-15(10-13)36-12-14(32)11-31-19-20(30(2)24(35)27-22(19)34)26-23(31)29-28-18-16-8-3-4-9-17(16)25-21(18)33/h3-10,14,25,32-33H,11-12H2,1-2H3,(H,27,34,35)/t14-/m1/s1. The zero-order valence-corrected chi connectivity index (χ0v) is 19.5. The zero-order valence-electron chi connectivity index (χ0n) is 19.5. The van der Waals surface area contributed by atoms with Gasteiger partial charge in [-0.3, -0.25) is 18.9 Å². The van der Waals surface area contributed by atoms with Crippen LogP contribution in [0.3, 0.4) is 0 Å². The third-order valence-electron chi connectivity index (χ3n) is 5.71. The second-order valence-corrected chi connectivity index (χ2v) is 8.36. The number of hydrogen-bond acceptors (Lipinski definition) is 8. The number of azo groups is 1. The molecule has 0 aliphatic heterocycles. The van der Waals surface area contributed by atoms with E-state index in [1.54, 1.807) is 24.3 Å². The lowest BCUT2D eigenvalue weighted by Gasteiger charge is -2.14. The molecule has 0 aliphatic rings. The second-order valence-electron chi connectivity index (χ2n) is 8.36. The smallest absolute Gasteiger partial charge is 0.329 e. The first-order valence-corrected chi connectivity index (χ1v) is 11.1. The van der Waals surface area contributed by atoms with Crippen LogP contribution in [0.2, 0.25) is 0 Å². The summed E-state index contributed by atoms with van der Waals surface area (Å²) in [5, 5.41) is 30.0. The van der Waals surface area contributed by atoms with Gasteiger partial charge in [-0.2, -0.15) is 4.98 Å². The molecule has 2 aromatic carbocycles. The second kappa shape index (κ2) is 9.15. The molecule has 3 aromatic heterocycles. The molecule has 0 unspecified atom stereocenters. The molecule has 0 spiro atoms. The number of nitrogens with one attached hydrogen (secondary N) is 2. The first-order valence-electron chi connectivity index (χ1n) is 11.1. The maximum atomic E-state index is 12.7. The Balaban J connectivity index is 1.53. The highest BCUT2D eigenvalue weighted by molar-refractivity contribution is 5.94. The van der Waals surface area contributed by atoms with Crippen LogP contribution < -0.4 is 16.0 Å². The van der Waals surface area contributed by atoms with Gasteiger partial charge in [-0.05, 0) is 30.7 Å². The van der Waals surface area contributed by atoms with E-state index in [4.69, 9.17) is 4.74 Å². The lowest BCUT2D eigenvalue weighted by Crippen LogP contribution is -2.30. The zero-order chi connectivity index (χ0) is 25.4. The number of aryl methyl sites for hydroxylation is 2. The first kappa shape index (κ1) is 23.1. The summed E-state index contributed by atoms with van der Waals surface area (Å²) < 4.78 is 8.23. The summed E-state index contributed by atoms with van der Waals surface area (Å²) >= 11 is 0. The Morgan fingerprint density at radius 2 is 1.92 bits per heavy atom. The number of para-hydroxylation sites is 1. The molecule has 0 bridgehead atoms. The van der Waals surface area contributed by atoms with Crippen LogP contribution in [0.4, 0.5) is 11.6 Å². The van der Waals surface area contributed by atoms with Crippen LogP contribution in [0.25, 0.3) is 22.1 Å². The average molecular weight is 489 g/mol. The van der Waals surface area contributed by atoms with Crippen molar-refractivity contribution in [2.75, 3.05) is 6.61 Å². The van der Waals surface area contributed by atoms with Gasteiger partial charge in [0.15, 0.2) is 16.9 Å². The van der Waals surface area contributed by atoms with Crippen molar-refractivity contribution in [1.82, 2.24) is 24.1 Å². The van der Waals surface area contributed by atoms with E-state index in [0.717, 1.165) is 5.56 Å². The minimum absolute atomic E-state index is 0.0315. The molecule has 0 saturated heterocycles. The van der Waals surface area contributed by atoms with E-state index in [2.05, 4.69) is 25.2 Å². The number of ether oxygens (including phenoxy) is 1. The number of aromatic hydroxyl groups is 1. The normalized spacial score (nSPS) is 12.6. The molecule has 4 N–H and O–H groups in total. The number of aromatic nitrogens is 5. The summed E-state index contributed by atoms with van der Waals surface area (Å²) in [5.74, 6) is 0.384. The van der Waals surface area contributed by atoms with Gasteiger partial charge >= 0.3 is 5.69 Å². The van der Waals surface area contributed by atoms with E-state index in [1.165, 1.54) is 16.2 Å². The van der Waals surface area contributed by atoms with Crippen molar-refractivity contribution in [3.05, 3.63) is 74.9 Å². The molecule has 5 rings (SSSR count). The van der Waals surface area contributed by atoms with Crippen LogP contribution in [0.1, 0.15) is 5.56 Å². The summed E-state index contributed by atoms with van der Waals surface area (Å²) in [6.45, 7) is 1.75. The molecule has 12 heteroatoms. The largest absolute Gasteiger partial charge is 0.493 e. The summed E-state index contributed by atoms with van der Waals surface area (Å²) in [6.07, 6.45) is -1.05. The van der Waals surface area contributed by atoms with E-state index in [-0.39, 0.29) is 41.8 Å². The third kappa shape index (κ3) is 4.25. The number of fused-ring (bicyclic) bond motifs is 2. The van der Waals surface area contributed by atoms with Crippen LogP contribution in [-0.2, 0) is 13.6 Å². The highest BCUT2D eigenvalue weighted by atomic mass is 16.5. The minimum Gasteiger partial charge on any atom is -0.493 e. The number of aliphatic hydroxyl groups excluding tert-OH is 1. The molecule has 12 nitrogen and oxygen atoms in total. The van der Waals surface area contributed by atoms with E-state index < -0.39 is 17.4 Å². The van der Waals surface area contributed by atoms with Crippen LogP contribution in [0.5, 0.6) is 11.6 Å². The maximum absolute atomic E-state index is 12.7. The average Bonchev–Trinajstić information content (AvgIpc) is 3.37. The van der Waals surface area contributed by atoms with Gasteiger partial charge in [-0.25, -0.2) is 4.79 Å². The van der Waals surface area contributed by atoms with Crippen molar-refractivity contribution in [3.8, 4) is 11.6 Å². The summed E-state index contributed by atoms with van der Waals surface area (Å²) in [6, 6.07) is 14.6. The van der Waals surface area contributed by atoms with Gasteiger partial charge in [-0.1, -0.05) is 30.3 Å². The summed E-state index contributed by atoms with van der Waals surface area (Å²) in [4.78, 5) is 34.2. The summed E-state index contributed by atoms with van der Waals surface area (Å²) in [5.41, 5.74) is 0.673. The first-order chi connectivity index (χ1) is 17.3. The highest BCUT2D eigenvalue weighted by Gasteiger charge is 2.20. The molecule has 0 aliphatic carbocycles. The van der Waals surface area contributed by atoms with Gasteiger partial charge < -0.3 is 19.9 Å². The number of rotatable bonds is 7. The topological polar surface area (TPSA) is 163 Å². The minimum atomic E-state index is -1.05. The molecule has 1 atom stereocenters. The van der Waals surface area contributed by atoms with Crippen molar-refractivity contribution in [1.29, 1.82) is 0 Å². The molecule has 0 radical (unpaired) electrons. The van der Waals surface area contributed by atoms with Gasteiger partial charge in [0.25, 0.3) is 11.5 Å². The number of aromatic amines is 2. The van der Waals surface area contributed by atoms with Gasteiger partial charge in [0.2, 0.25) is 5.88 Å². The van der Waals surface area contributed by atoms with Crippen molar-refractivity contribution >= 4 is 33.7 Å². The number of imidazole rings is 1. The molecule has 0 fully saturated rings. The lowest BCUT2D eigenvalue weighted by molar-refractivity contribution is 0.0937. The lowest BCUT2D eigenvalue weighted by atomic mass is 10.2.